The van der Waals surface area contributed by atoms with Crippen LogP contribution in [0.3, 0.4) is 0 Å². The minimum atomic E-state index is -0.180. The topological polar surface area (TPSA) is 26.3 Å². The standard InChI is InChI=1S/C7H13BrO2/c1-3-6(2)5-10-7(9)4-8/h6H,3-5H2,1-2H3. The number of carbonyl (C=O) groups excluding carboxylic acids is 1. The Labute approximate surface area is 70.1 Å². The fraction of sp³-hybridized carbons (Fsp3) is 0.857. The van der Waals surface area contributed by atoms with Crippen LogP contribution in [0.5, 0.6) is 0 Å². The lowest BCUT2D eigenvalue weighted by Crippen LogP contribution is -2.11. The van der Waals surface area contributed by atoms with Gasteiger partial charge in [-0.2, -0.15) is 0 Å². The summed E-state index contributed by atoms with van der Waals surface area (Å²) >= 11 is 3.01. The van der Waals surface area contributed by atoms with E-state index in [0.29, 0.717) is 17.9 Å². The monoisotopic (exact) mass is 208 g/mol. The van der Waals surface area contributed by atoms with E-state index in [4.69, 9.17) is 4.74 Å². The number of halogens is 1. The Morgan fingerprint density at radius 2 is 2.30 bits per heavy atom. The van der Waals surface area contributed by atoms with Gasteiger partial charge in [0.25, 0.3) is 0 Å². The summed E-state index contributed by atoms with van der Waals surface area (Å²) < 4.78 is 4.86. The van der Waals surface area contributed by atoms with Crippen LogP contribution in [0.4, 0.5) is 0 Å². The molecule has 0 spiro atoms. The molecule has 0 rings (SSSR count). The molecule has 0 fully saturated rings. The van der Waals surface area contributed by atoms with Crippen molar-refractivity contribution in [3.63, 3.8) is 0 Å². The second kappa shape index (κ2) is 5.71. The van der Waals surface area contributed by atoms with Gasteiger partial charge in [0.1, 0.15) is 5.33 Å². The zero-order valence-corrected chi connectivity index (χ0v) is 7.98. The summed E-state index contributed by atoms with van der Waals surface area (Å²) in [5.74, 6) is 0.295. The van der Waals surface area contributed by atoms with Crippen LogP contribution in [0.2, 0.25) is 0 Å². The third-order valence-electron chi connectivity index (χ3n) is 1.33. The second-order valence-corrected chi connectivity index (χ2v) is 2.89. The molecular weight excluding hydrogens is 196 g/mol. The number of ether oxygens (including phenoxy) is 1. The first-order valence-corrected chi connectivity index (χ1v) is 4.54. The molecule has 0 radical (unpaired) electrons. The Hall–Kier alpha value is -0.0500. The normalized spacial score (nSPS) is 12.7. The maximum Gasteiger partial charge on any atom is 0.316 e. The highest BCUT2D eigenvalue weighted by Crippen LogP contribution is 2.00. The Balaban J connectivity index is 3.26. The van der Waals surface area contributed by atoms with Crippen molar-refractivity contribution in [1.29, 1.82) is 0 Å². The third-order valence-corrected chi connectivity index (χ3v) is 1.79. The van der Waals surface area contributed by atoms with Crippen LogP contribution in [0.25, 0.3) is 0 Å². The summed E-state index contributed by atoms with van der Waals surface area (Å²) in [4.78, 5) is 10.6. The molecule has 3 heteroatoms. The van der Waals surface area contributed by atoms with Crippen LogP contribution in [0.1, 0.15) is 20.3 Å². The first-order chi connectivity index (χ1) is 4.70. The van der Waals surface area contributed by atoms with Crippen LogP contribution >= 0.6 is 15.9 Å². The molecule has 0 saturated heterocycles. The van der Waals surface area contributed by atoms with Gasteiger partial charge in [-0.1, -0.05) is 36.2 Å². The molecule has 0 amide bonds. The molecule has 0 aliphatic carbocycles. The van der Waals surface area contributed by atoms with Crippen LogP contribution < -0.4 is 0 Å². The summed E-state index contributed by atoms with van der Waals surface area (Å²) in [6.07, 6.45) is 1.05. The summed E-state index contributed by atoms with van der Waals surface area (Å²) in [6.45, 7) is 4.68. The molecule has 0 aromatic rings. The zero-order chi connectivity index (χ0) is 7.98. The third kappa shape index (κ3) is 4.79. The van der Waals surface area contributed by atoms with Crippen molar-refractivity contribution in [3.8, 4) is 0 Å². The Morgan fingerprint density at radius 1 is 1.70 bits per heavy atom. The van der Waals surface area contributed by atoms with Gasteiger partial charge in [-0.25, -0.2) is 0 Å². The van der Waals surface area contributed by atoms with E-state index < -0.39 is 0 Å². The van der Waals surface area contributed by atoms with Gasteiger partial charge in [0.15, 0.2) is 0 Å². The van der Waals surface area contributed by atoms with Crippen LogP contribution in [-0.4, -0.2) is 17.9 Å². The predicted molar refractivity (Wildman–Crippen MR) is 44.2 cm³/mol. The maximum atomic E-state index is 10.6. The van der Waals surface area contributed by atoms with E-state index in [-0.39, 0.29) is 5.97 Å². The zero-order valence-electron chi connectivity index (χ0n) is 6.39. The van der Waals surface area contributed by atoms with Gasteiger partial charge < -0.3 is 4.74 Å². The van der Waals surface area contributed by atoms with E-state index >= 15 is 0 Å². The van der Waals surface area contributed by atoms with Crippen molar-refractivity contribution >= 4 is 21.9 Å². The molecule has 2 nitrogen and oxygen atoms in total. The molecule has 0 aliphatic heterocycles. The molecule has 0 N–H and O–H groups in total. The van der Waals surface area contributed by atoms with E-state index in [2.05, 4.69) is 29.8 Å². The average Bonchev–Trinajstić information content (AvgIpc) is 1.99. The highest BCUT2D eigenvalue weighted by Gasteiger charge is 2.02. The fourth-order valence-corrected chi connectivity index (χ4v) is 0.554. The highest BCUT2D eigenvalue weighted by atomic mass is 79.9. The highest BCUT2D eigenvalue weighted by molar-refractivity contribution is 9.09. The molecule has 0 bridgehead atoms. The molecule has 10 heavy (non-hydrogen) atoms. The van der Waals surface area contributed by atoms with Gasteiger partial charge in [0.2, 0.25) is 0 Å². The number of esters is 1. The van der Waals surface area contributed by atoms with Crippen LogP contribution in [0.15, 0.2) is 0 Å². The Morgan fingerprint density at radius 3 is 2.70 bits per heavy atom. The minimum absolute atomic E-state index is 0.180. The van der Waals surface area contributed by atoms with Crippen molar-refractivity contribution in [2.24, 2.45) is 5.92 Å². The number of hydrogen-bond acceptors (Lipinski definition) is 2. The predicted octanol–water partition coefficient (Wildman–Crippen LogP) is 1.97. The van der Waals surface area contributed by atoms with E-state index in [1.807, 2.05) is 0 Å². The minimum Gasteiger partial charge on any atom is -0.465 e. The maximum absolute atomic E-state index is 10.6. The van der Waals surface area contributed by atoms with E-state index in [1.54, 1.807) is 0 Å². The van der Waals surface area contributed by atoms with Crippen molar-refractivity contribution in [2.75, 3.05) is 11.9 Å². The average molecular weight is 209 g/mol. The molecule has 0 aromatic carbocycles. The number of rotatable bonds is 4. The molecule has 1 unspecified atom stereocenters. The second-order valence-electron chi connectivity index (χ2n) is 2.33. The Bertz CT molecular complexity index is 104. The lowest BCUT2D eigenvalue weighted by Gasteiger charge is -2.07. The van der Waals surface area contributed by atoms with Gasteiger partial charge in [-0.05, 0) is 5.92 Å². The van der Waals surface area contributed by atoms with Gasteiger partial charge in [-0.15, -0.1) is 0 Å². The lowest BCUT2D eigenvalue weighted by molar-refractivity contribution is -0.141. The summed E-state index contributed by atoms with van der Waals surface area (Å²) in [5.41, 5.74) is 0. The van der Waals surface area contributed by atoms with Crippen molar-refractivity contribution < 1.29 is 9.53 Å². The largest absolute Gasteiger partial charge is 0.465 e. The number of alkyl halides is 1. The van der Waals surface area contributed by atoms with Crippen LogP contribution in [-0.2, 0) is 9.53 Å². The van der Waals surface area contributed by atoms with Gasteiger partial charge in [0.05, 0.1) is 6.61 Å². The first kappa shape index (κ1) is 9.95. The van der Waals surface area contributed by atoms with Crippen LogP contribution in [0, 0.1) is 5.92 Å². The lowest BCUT2D eigenvalue weighted by atomic mass is 10.1. The SMILES string of the molecule is CCC(C)COC(=O)CBr. The van der Waals surface area contributed by atoms with E-state index in [0.717, 1.165) is 6.42 Å². The molecule has 0 aromatic heterocycles. The fourth-order valence-electron chi connectivity index (χ4n) is 0.392. The first-order valence-electron chi connectivity index (χ1n) is 3.42. The molecular formula is C7H13BrO2. The molecule has 1 atom stereocenters. The van der Waals surface area contributed by atoms with Gasteiger partial charge in [0, 0.05) is 0 Å². The Kier molecular flexibility index (Phi) is 5.69. The smallest absolute Gasteiger partial charge is 0.316 e. The molecule has 60 valence electrons. The summed E-state index contributed by atoms with van der Waals surface area (Å²) in [7, 11) is 0. The number of carbonyl (C=O) groups is 1. The summed E-state index contributed by atoms with van der Waals surface area (Å²) in [5, 5.41) is 0.295. The molecule has 0 heterocycles. The van der Waals surface area contributed by atoms with Crippen molar-refractivity contribution in [1.82, 2.24) is 0 Å². The van der Waals surface area contributed by atoms with Gasteiger partial charge in [-0.3, -0.25) is 4.79 Å². The van der Waals surface area contributed by atoms with E-state index in [9.17, 15) is 4.79 Å². The molecule has 0 aliphatic rings. The van der Waals surface area contributed by atoms with Crippen molar-refractivity contribution in [2.45, 2.75) is 20.3 Å². The summed E-state index contributed by atoms with van der Waals surface area (Å²) in [6, 6.07) is 0. The molecule has 0 saturated carbocycles. The van der Waals surface area contributed by atoms with Crippen molar-refractivity contribution in [3.05, 3.63) is 0 Å². The van der Waals surface area contributed by atoms with E-state index in [1.165, 1.54) is 0 Å². The van der Waals surface area contributed by atoms with Gasteiger partial charge >= 0.3 is 5.97 Å². The quantitative estimate of drug-likeness (QED) is 0.522. The number of hydrogen-bond donors (Lipinski definition) is 0.